The molecule has 2 heterocycles. The molecule has 0 aromatic heterocycles. The average Bonchev–Trinajstić information content (AvgIpc) is 2.91. The molecule has 0 spiro atoms. The van der Waals surface area contributed by atoms with Crippen LogP contribution >= 0.6 is 0 Å². The highest BCUT2D eigenvalue weighted by molar-refractivity contribution is 5.81. The molecule has 104 valence electrons. The van der Waals surface area contributed by atoms with Crippen molar-refractivity contribution in [2.75, 3.05) is 46.4 Å². The highest BCUT2D eigenvalue weighted by atomic mass is 16.5. The summed E-state index contributed by atoms with van der Waals surface area (Å²) in [6.45, 7) is 7.19. The van der Waals surface area contributed by atoms with Crippen LogP contribution in [0.4, 0.5) is 0 Å². The van der Waals surface area contributed by atoms with Crippen molar-refractivity contribution in [1.29, 1.82) is 0 Å². The molecule has 2 rings (SSSR count). The average molecular weight is 255 g/mol. The van der Waals surface area contributed by atoms with Crippen LogP contribution in [0.5, 0.6) is 0 Å². The van der Waals surface area contributed by atoms with Gasteiger partial charge in [-0.15, -0.1) is 0 Å². The second kappa shape index (κ2) is 6.50. The maximum Gasteiger partial charge on any atom is 0.239 e. The third-order valence-corrected chi connectivity index (χ3v) is 3.92. The van der Waals surface area contributed by atoms with Gasteiger partial charge in [-0.2, -0.15) is 0 Å². The third-order valence-electron chi connectivity index (χ3n) is 3.92. The van der Waals surface area contributed by atoms with Crippen molar-refractivity contribution in [2.24, 2.45) is 0 Å². The Hall–Kier alpha value is -0.650. The number of amides is 1. The Bertz CT molecular complexity index is 277. The third kappa shape index (κ3) is 3.22. The van der Waals surface area contributed by atoms with Crippen LogP contribution in [-0.2, 0) is 9.53 Å². The second-order valence-corrected chi connectivity index (χ2v) is 5.25. The summed E-state index contributed by atoms with van der Waals surface area (Å²) in [6.07, 6.45) is 2.52. The van der Waals surface area contributed by atoms with Crippen molar-refractivity contribution >= 4 is 5.91 Å². The number of hydrogen-bond acceptors (Lipinski definition) is 4. The quantitative estimate of drug-likeness (QED) is 0.763. The Morgan fingerprint density at radius 2 is 2.11 bits per heavy atom. The lowest BCUT2D eigenvalue weighted by atomic mass is 10.2. The summed E-state index contributed by atoms with van der Waals surface area (Å²) < 4.78 is 5.67. The number of morpholine rings is 1. The summed E-state index contributed by atoms with van der Waals surface area (Å²) in [5, 5.41) is 3.13. The number of carbonyl (C=O) groups excluding carboxylic acids is 1. The molecule has 2 aliphatic rings. The Morgan fingerprint density at radius 3 is 2.78 bits per heavy atom. The fourth-order valence-electron chi connectivity index (χ4n) is 2.80. The van der Waals surface area contributed by atoms with Gasteiger partial charge in [0, 0.05) is 32.7 Å². The van der Waals surface area contributed by atoms with E-state index in [0.29, 0.717) is 0 Å². The molecule has 1 amide bonds. The minimum Gasteiger partial charge on any atom is -0.374 e. The van der Waals surface area contributed by atoms with Crippen LogP contribution < -0.4 is 5.32 Å². The van der Waals surface area contributed by atoms with E-state index >= 15 is 0 Å². The molecule has 5 heteroatoms. The van der Waals surface area contributed by atoms with E-state index < -0.39 is 0 Å². The molecule has 0 saturated carbocycles. The molecule has 1 N–H and O–H groups in total. The predicted octanol–water partition coefficient (Wildman–Crippen LogP) is -0.0825. The zero-order chi connectivity index (χ0) is 13.0. The summed E-state index contributed by atoms with van der Waals surface area (Å²) in [6, 6.07) is -0.00800. The molecular weight excluding hydrogens is 230 g/mol. The van der Waals surface area contributed by atoms with Crippen molar-refractivity contribution in [2.45, 2.75) is 31.9 Å². The first-order chi connectivity index (χ1) is 8.72. The van der Waals surface area contributed by atoms with Crippen LogP contribution in [0.25, 0.3) is 0 Å². The summed E-state index contributed by atoms with van der Waals surface area (Å²) in [7, 11) is 1.93. The number of nitrogens with zero attached hydrogens (tertiary/aromatic N) is 2. The van der Waals surface area contributed by atoms with Crippen molar-refractivity contribution in [3.8, 4) is 0 Å². The topological polar surface area (TPSA) is 44.8 Å². The van der Waals surface area contributed by atoms with Gasteiger partial charge >= 0.3 is 0 Å². The van der Waals surface area contributed by atoms with E-state index in [4.69, 9.17) is 4.74 Å². The molecule has 2 unspecified atom stereocenters. The van der Waals surface area contributed by atoms with Gasteiger partial charge in [-0.3, -0.25) is 9.69 Å². The number of ether oxygens (including phenoxy) is 1. The fraction of sp³-hybridized carbons (Fsp3) is 0.923. The maximum atomic E-state index is 12.3. The molecule has 18 heavy (non-hydrogen) atoms. The molecule has 0 bridgehead atoms. The number of hydrogen-bond donors (Lipinski definition) is 1. The molecule has 0 radical (unpaired) electrons. The summed E-state index contributed by atoms with van der Waals surface area (Å²) >= 11 is 0. The van der Waals surface area contributed by atoms with Gasteiger partial charge in [0.2, 0.25) is 5.91 Å². The zero-order valence-corrected chi connectivity index (χ0v) is 11.5. The summed E-state index contributed by atoms with van der Waals surface area (Å²) in [5.41, 5.74) is 0. The lowest BCUT2D eigenvalue weighted by molar-refractivity contribution is -0.138. The van der Waals surface area contributed by atoms with Gasteiger partial charge in [-0.1, -0.05) is 0 Å². The van der Waals surface area contributed by atoms with Crippen molar-refractivity contribution in [1.82, 2.24) is 15.1 Å². The molecule has 2 fully saturated rings. The molecular formula is C13H25N3O2. The van der Waals surface area contributed by atoms with Gasteiger partial charge in [-0.05, 0) is 26.8 Å². The van der Waals surface area contributed by atoms with E-state index in [-0.39, 0.29) is 18.1 Å². The van der Waals surface area contributed by atoms with Crippen LogP contribution in [0.3, 0.4) is 0 Å². The van der Waals surface area contributed by atoms with Crippen LogP contribution in [-0.4, -0.2) is 74.2 Å². The lowest BCUT2D eigenvalue weighted by Gasteiger charge is -2.37. The number of rotatable bonds is 4. The minimum absolute atomic E-state index is 0.00800. The molecule has 2 aliphatic heterocycles. The molecule has 5 nitrogen and oxygen atoms in total. The Morgan fingerprint density at radius 1 is 1.39 bits per heavy atom. The Balaban J connectivity index is 1.87. The predicted molar refractivity (Wildman–Crippen MR) is 70.5 cm³/mol. The van der Waals surface area contributed by atoms with Crippen LogP contribution in [0.2, 0.25) is 0 Å². The number of likely N-dealkylation sites (tertiary alicyclic amines) is 1. The molecule has 2 saturated heterocycles. The maximum absolute atomic E-state index is 12.3. The largest absolute Gasteiger partial charge is 0.374 e. The molecule has 0 aliphatic carbocycles. The van der Waals surface area contributed by atoms with E-state index in [0.717, 1.165) is 52.2 Å². The first-order valence-electron chi connectivity index (χ1n) is 7.01. The molecule has 0 aromatic carbocycles. The minimum atomic E-state index is -0.00800. The Labute approximate surface area is 109 Å². The monoisotopic (exact) mass is 255 g/mol. The van der Waals surface area contributed by atoms with E-state index in [9.17, 15) is 4.79 Å². The van der Waals surface area contributed by atoms with E-state index in [1.54, 1.807) is 0 Å². The SMILES string of the molecule is CNCC1CN(C(C)C(=O)N2CCCC2)CCO1. The first kappa shape index (κ1) is 13.8. The van der Waals surface area contributed by atoms with Crippen LogP contribution in [0.1, 0.15) is 19.8 Å². The molecule has 2 atom stereocenters. The highest BCUT2D eigenvalue weighted by Crippen LogP contribution is 2.14. The normalized spacial score (nSPS) is 27.4. The van der Waals surface area contributed by atoms with Crippen LogP contribution in [0, 0.1) is 0 Å². The summed E-state index contributed by atoms with van der Waals surface area (Å²) in [5.74, 6) is 0.289. The first-order valence-corrected chi connectivity index (χ1v) is 7.01. The van der Waals surface area contributed by atoms with Gasteiger partial charge in [0.15, 0.2) is 0 Å². The van der Waals surface area contributed by atoms with Gasteiger partial charge in [0.05, 0.1) is 18.8 Å². The smallest absolute Gasteiger partial charge is 0.239 e. The number of carbonyl (C=O) groups is 1. The Kier molecular flexibility index (Phi) is 4.97. The van der Waals surface area contributed by atoms with E-state index in [1.807, 2.05) is 18.9 Å². The van der Waals surface area contributed by atoms with Crippen molar-refractivity contribution in [3.05, 3.63) is 0 Å². The fourth-order valence-corrected chi connectivity index (χ4v) is 2.80. The summed E-state index contributed by atoms with van der Waals surface area (Å²) in [4.78, 5) is 16.6. The lowest BCUT2D eigenvalue weighted by Crippen LogP contribution is -2.54. The van der Waals surface area contributed by atoms with E-state index in [1.165, 1.54) is 0 Å². The molecule has 0 aromatic rings. The highest BCUT2D eigenvalue weighted by Gasteiger charge is 2.31. The van der Waals surface area contributed by atoms with Gasteiger partial charge in [0.25, 0.3) is 0 Å². The van der Waals surface area contributed by atoms with E-state index in [2.05, 4.69) is 10.2 Å². The standard InChI is InChI=1S/C13H25N3O2/c1-11(13(17)15-5-3-4-6-15)16-7-8-18-12(10-16)9-14-2/h11-12,14H,3-10H2,1-2H3. The van der Waals surface area contributed by atoms with Crippen molar-refractivity contribution in [3.63, 3.8) is 0 Å². The number of likely N-dealkylation sites (N-methyl/N-ethyl adjacent to an activating group) is 1. The number of nitrogens with one attached hydrogen (secondary N) is 1. The van der Waals surface area contributed by atoms with Gasteiger partial charge in [0.1, 0.15) is 0 Å². The van der Waals surface area contributed by atoms with Gasteiger partial charge < -0.3 is 15.0 Å². The van der Waals surface area contributed by atoms with Gasteiger partial charge in [-0.25, -0.2) is 0 Å². The van der Waals surface area contributed by atoms with Crippen LogP contribution in [0.15, 0.2) is 0 Å². The van der Waals surface area contributed by atoms with Crippen molar-refractivity contribution < 1.29 is 9.53 Å². The zero-order valence-electron chi connectivity index (χ0n) is 11.5. The second-order valence-electron chi connectivity index (χ2n) is 5.25.